The van der Waals surface area contributed by atoms with Crippen LogP contribution in [0.1, 0.15) is 0 Å². The third-order valence-electron chi connectivity index (χ3n) is 2.85. The van der Waals surface area contributed by atoms with E-state index in [0.29, 0.717) is 5.69 Å². The zero-order valence-corrected chi connectivity index (χ0v) is 12.6. The van der Waals surface area contributed by atoms with E-state index in [1.807, 2.05) is 24.3 Å². The number of aromatic nitrogens is 4. The van der Waals surface area contributed by atoms with Crippen LogP contribution in [0.4, 0.5) is 5.69 Å². The summed E-state index contributed by atoms with van der Waals surface area (Å²) in [6.07, 6.45) is 8.36. The molecule has 1 amide bonds. The lowest BCUT2D eigenvalue weighted by molar-refractivity contribution is -0.116. The zero-order chi connectivity index (χ0) is 14.7. The van der Waals surface area contributed by atoms with Crippen LogP contribution in [0.2, 0.25) is 0 Å². The smallest absolute Gasteiger partial charge is 0.244 e. The second-order valence-electron chi connectivity index (χ2n) is 4.41. The van der Waals surface area contributed by atoms with E-state index >= 15 is 0 Å². The molecule has 6 nitrogen and oxygen atoms in total. The topological polar surface area (TPSA) is 64.7 Å². The van der Waals surface area contributed by atoms with Crippen LogP contribution in [0.5, 0.6) is 0 Å². The number of nitrogens with zero attached hydrogens (tertiary/aromatic N) is 4. The maximum Gasteiger partial charge on any atom is 0.244 e. The fraction of sp³-hybridized carbons (Fsp3) is 0.0714. The molecule has 0 fully saturated rings. The first-order valence-corrected chi connectivity index (χ1v) is 7.07. The van der Waals surface area contributed by atoms with E-state index in [4.69, 9.17) is 0 Å². The highest BCUT2D eigenvalue weighted by Crippen LogP contribution is 2.21. The number of benzene rings is 1. The van der Waals surface area contributed by atoms with Gasteiger partial charge in [0.2, 0.25) is 5.91 Å². The van der Waals surface area contributed by atoms with Gasteiger partial charge in [-0.15, -0.1) is 0 Å². The van der Waals surface area contributed by atoms with Crippen LogP contribution >= 0.6 is 15.9 Å². The highest BCUT2D eigenvalue weighted by Gasteiger charge is 2.07. The van der Waals surface area contributed by atoms with Crippen LogP contribution in [0.15, 0.2) is 59.9 Å². The van der Waals surface area contributed by atoms with Crippen molar-refractivity contribution in [3.63, 3.8) is 0 Å². The number of nitrogens with one attached hydrogen (secondary N) is 1. The fourth-order valence-corrected chi connectivity index (χ4v) is 2.37. The van der Waals surface area contributed by atoms with Gasteiger partial charge in [0, 0.05) is 16.9 Å². The average molecular weight is 346 g/mol. The summed E-state index contributed by atoms with van der Waals surface area (Å²) in [4.78, 5) is 15.8. The summed E-state index contributed by atoms with van der Waals surface area (Å²) in [5, 5.41) is 7.05. The Morgan fingerprint density at radius 1 is 1.33 bits per heavy atom. The highest BCUT2D eigenvalue weighted by atomic mass is 79.9. The molecule has 0 bridgehead atoms. The minimum absolute atomic E-state index is 0.125. The van der Waals surface area contributed by atoms with Gasteiger partial charge in [-0.05, 0) is 28.1 Å². The molecule has 2 heterocycles. The van der Waals surface area contributed by atoms with Gasteiger partial charge in [-0.25, -0.2) is 9.67 Å². The lowest BCUT2D eigenvalue weighted by Crippen LogP contribution is -2.17. The normalized spacial score (nSPS) is 10.5. The van der Waals surface area contributed by atoms with Crippen LogP contribution < -0.4 is 5.32 Å². The number of carbonyl (C=O) groups is 1. The molecule has 3 rings (SSSR count). The molecular formula is C14H12BrN5O. The number of carbonyl (C=O) groups excluding carboxylic acids is 1. The van der Waals surface area contributed by atoms with E-state index in [1.165, 1.54) is 0 Å². The first-order chi connectivity index (χ1) is 10.2. The van der Waals surface area contributed by atoms with Crippen molar-refractivity contribution >= 4 is 27.5 Å². The number of halogens is 1. The standard InChI is InChI=1S/C14H12BrN5O/c15-12-3-1-2-4-13(12)20-8-11(7-17-20)18-14(21)9-19-6-5-16-10-19/h1-8,10H,9H2,(H,18,21). The maximum atomic E-state index is 11.9. The molecule has 0 spiro atoms. The quantitative estimate of drug-likeness (QED) is 0.789. The number of hydrogen-bond acceptors (Lipinski definition) is 3. The van der Waals surface area contributed by atoms with E-state index in [2.05, 4.69) is 31.3 Å². The van der Waals surface area contributed by atoms with E-state index < -0.39 is 0 Å². The third-order valence-corrected chi connectivity index (χ3v) is 3.52. The molecule has 0 radical (unpaired) electrons. The summed E-state index contributed by atoms with van der Waals surface area (Å²) in [5.41, 5.74) is 1.56. The summed E-state index contributed by atoms with van der Waals surface area (Å²) >= 11 is 3.47. The van der Waals surface area contributed by atoms with Crippen LogP contribution in [0.3, 0.4) is 0 Å². The molecule has 1 aromatic carbocycles. The molecule has 1 N–H and O–H groups in total. The number of imidazole rings is 1. The monoisotopic (exact) mass is 345 g/mol. The van der Waals surface area contributed by atoms with Gasteiger partial charge in [0.15, 0.2) is 0 Å². The second kappa shape index (κ2) is 5.92. The van der Waals surface area contributed by atoms with Crippen molar-refractivity contribution in [2.75, 3.05) is 5.32 Å². The number of hydrogen-bond donors (Lipinski definition) is 1. The minimum Gasteiger partial charge on any atom is -0.328 e. The average Bonchev–Trinajstić information content (AvgIpc) is 3.11. The number of para-hydroxylation sites is 1. The van der Waals surface area contributed by atoms with Crippen molar-refractivity contribution in [2.24, 2.45) is 0 Å². The largest absolute Gasteiger partial charge is 0.328 e. The molecule has 106 valence electrons. The minimum atomic E-state index is -0.125. The maximum absolute atomic E-state index is 11.9. The molecule has 2 aromatic heterocycles. The summed E-state index contributed by atoms with van der Waals surface area (Å²) in [7, 11) is 0. The van der Waals surface area contributed by atoms with Gasteiger partial charge in [-0.1, -0.05) is 12.1 Å². The Balaban J connectivity index is 1.71. The molecule has 0 unspecified atom stereocenters. The molecule has 0 aliphatic carbocycles. The second-order valence-corrected chi connectivity index (χ2v) is 5.26. The van der Waals surface area contributed by atoms with Crippen LogP contribution in [0, 0.1) is 0 Å². The van der Waals surface area contributed by atoms with E-state index in [-0.39, 0.29) is 12.5 Å². The van der Waals surface area contributed by atoms with Gasteiger partial charge in [0.1, 0.15) is 6.54 Å². The van der Waals surface area contributed by atoms with Crippen LogP contribution in [-0.2, 0) is 11.3 Å². The van der Waals surface area contributed by atoms with E-state index in [0.717, 1.165) is 10.2 Å². The molecule has 21 heavy (non-hydrogen) atoms. The summed E-state index contributed by atoms with van der Waals surface area (Å²) in [5.74, 6) is -0.125. The van der Waals surface area contributed by atoms with Gasteiger partial charge in [0.25, 0.3) is 0 Å². The Morgan fingerprint density at radius 2 is 2.19 bits per heavy atom. The van der Waals surface area contributed by atoms with Gasteiger partial charge in [-0.2, -0.15) is 5.10 Å². The third kappa shape index (κ3) is 3.19. The molecule has 0 aliphatic rings. The first-order valence-electron chi connectivity index (χ1n) is 6.27. The predicted molar refractivity (Wildman–Crippen MR) is 82.1 cm³/mol. The molecule has 7 heteroatoms. The molecule has 0 aliphatic heterocycles. The number of amides is 1. The van der Waals surface area contributed by atoms with Crippen molar-refractivity contribution in [2.45, 2.75) is 6.54 Å². The van der Waals surface area contributed by atoms with Crippen LogP contribution in [-0.4, -0.2) is 25.2 Å². The zero-order valence-electron chi connectivity index (χ0n) is 11.0. The van der Waals surface area contributed by atoms with Crippen molar-refractivity contribution in [3.05, 3.63) is 59.9 Å². The van der Waals surface area contributed by atoms with E-state index in [9.17, 15) is 4.79 Å². The highest BCUT2D eigenvalue weighted by molar-refractivity contribution is 9.10. The summed E-state index contributed by atoms with van der Waals surface area (Å²) in [6.45, 7) is 0.222. The summed E-state index contributed by atoms with van der Waals surface area (Å²) in [6, 6.07) is 7.74. The Labute approximate surface area is 129 Å². The Hall–Kier alpha value is -2.41. The lowest BCUT2D eigenvalue weighted by Gasteiger charge is -2.04. The summed E-state index contributed by atoms with van der Waals surface area (Å²) < 4.78 is 4.34. The van der Waals surface area contributed by atoms with Gasteiger partial charge >= 0.3 is 0 Å². The Kier molecular flexibility index (Phi) is 3.83. The number of anilines is 1. The predicted octanol–water partition coefficient (Wildman–Crippen LogP) is 2.47. The van der Waals surface area contributed by atoms with Crippen molar-refractivity contribution < 1.29 is 4.79 Å². The van der Waals surface area contributed by atoms with Gasteiger partial charge in [0.05, 0.1) is 30.1 Å². The van der Waals surface area contributed by atoms with Crippen molar-refractivity contribution in [3.8, 4) is 5.69 Å². The Bertz CT molecular complexity index is 750. The first kappa shape index (κ1) is 13.6. The van der Waals surface area contributed by atoms with Crippen LogP contribution in [0.25, 0.3) is 5.69 Å². The fourth-order valence-electron chi connectivity index (χ4n) is 1.90. The Morgan fingerprint density at radius 3 is 2.95 bits per heavy atom. The molecular weight excluding hydrogens is 334 g/mol. The van der Waals surface area contributed by atoms with Gasteiger partial charge in [-0.3, -0.25) is 4.79 Å². The van der Waals surface area contributed by atoms with Crippen molar-refractivity contribution in [1.82, 2.24) is 19.3 Å². The van der Waals surface area contributed by atoms with Gasteiger partial charge < -0.3 is 9.88 Å². The number of rotatable bonds is 4. The van der Waals surface area contributed by atoms with Crippen molar-refractivity contribution in [1.29, 1.82) is 0 Å². The molecule has 0 atom stereocenters. The molecule has 0 saturated heterocycles. The van der Waals surface area contributed by atoms with E-state index in [1.54, 1.807) is 40.4 Å². The lowest BCUT2D eigenvalue weighted by atomic mass is 10.3. The molecule has 0 saturated carbocycles. The SMILES string of the molecule is O=C(Cn1ccnc1)Nc1cnn(-c2ccccc2Br)c1. The molecule has 3 aromatic rings.